The summed E-state index contributed by atoms with van der Waals surface area (Å²) in [5.41, 5.74) is 1.81. The Morgan fingerprint density at radius 2 is 1.89 bits per heavy atom. The van der Waals surface area contributed by atoms with Crippen LogP contribution in [0.2, 0.25) is 0 Å². The molecule has 0 fully saturated rings. The molecule has 0 aliphatic rings. The van der Waals surface area contributed by atoms with E-state index in [1.54, 1.807) is 24.3 Å². The van der Waals surface area contributed by atoms with Gasteiger partial charge in [-0.05, 0) is 48.2 Å². The Hall–Kier alpha value is -2.74. The van der Waals surface area contributed by atoms with Crippen molar-refractivity contribution in [2.75, 3.05) is 4.72 Å². The molecule has 27 heavy (non-hydrogen) atoms. The van der Waals surface area contributed by atoms with E-state index in [9.17, 15) is 12.8 Å². The standard InChI is InChI=1S/C19H21FN4O2S/c1-2-3-5-15-8-10-18(11-9-15)27(25,26)23-19-21-14-24(22-19)13-16-6-4-7-17(20)12-16/h4,6-12,14H,2-3,5,13H2,1H3,(H,22,23). The van der Waals surface area contributed by atoms with Crippen molar-refractivity contribution in [3.05, 3.63) is 71.8 Å². The highest BCUT2D eigenvalue weighted by molar-refractivity contribution is 7.92. The van der Waals surface area contributed by atoms with Gasteiger partial charge in [0.15, 0.2) is 0 Å². The summed E-state index contributed by atoms with van der Waals surface area (Å²) in [6.45, 7) is 2.40. The summed E-state index contributed by atoms with van der Waals surface area (Å²) in [4.78, 5) is 4.13. The van der Waals surface area contributed by atoms with Crippen molar-refractivity contribution >= 4 is 16.0 Å². The molecule has 0 unspecified atom stereocenters. The van der Waals surface area contributed by atoms with Gasteiger partial charge in [-0.15, -0.1) is 5.10 Å². The lowest BCUT2D eigenvalue weighted by Gasteiger charge is -2.06. The molecule has 3 aromatic rings. The summed E-state index contributed by atoms with van der Waals surface area (Å²) < 4.78 is 42.0. The van der Waals surface area contributed by atoms with E-state index in [1.807, 2.05) is 12.1 Å². The molecule has 6 nitrogen and oxygen atoms in total. The quantitative estimate of drug-likeness (QED) is 0.640. The zero-order chi connectivity index (χ0) is 19.3. The van der Waals surface area contributed by atoms with Crippen molar-refractivity contribution in [1.82, 2.24) is 14.8 Å². The van der Waals surface area contributed by atoms with Crippen LogP contribution in [-0.4, -0.2) is 23.2 Å². The number of aromatic nitrogens is 3. The average molecular weight is 388 g/mol. The smallest absolute Gasteiger partial charge is 0.246 e. The van der Waals surface area contributed by atoms with E-state index in [4.69, 9.17) is 0 Å². The van der Waals surface area contributed by atoms with Gasteiger partial charge in [0, 0.05) is 0 Å². The van der Waals surface area contributed by atoms with E-state index in [2.05, 4.69) is 21.7 Å². The molecule has 0 saturated heterocycles. The summed E-state index contributed by atoms with van der Waals surface area (Å²) in [5, 5.41) is 4.10. The van der Waals surface area contributed by atoms with E-state index in [-0.39, 0.29) is 16.7 Å². The Balaban J connectivity index is 1.68. The highest BCUT2D eigenvalue weighted by Crippen LogP contribution is 2.15. The first-order valence-electron chi connectivity index (χ1n) is 8.72. The minimum atomic E-state index is -3.77. The average Bonchev–Trinajstić information content (AvgIpc) is 3.06. The van der Waals surface area contributed by atoms with E-state index in [0.717, 1.165) is 24.8 Å². The number of unbranched alkanes of at least 4 members (excludes halogenated alkanes) is 1. The lowest BCUT2D eigenvalue weighted by atomic mass is 10.1. The number of halogens is 1. The van der Waals surface area contributed by atoms with Gasteiger partial charge in [0.05, 0.1) is 11.4 Å². The zero-order valence-corrected chi connectivity index (χ0v) is 15.8. The van der Waals surface area contributed by atoms with Crippen molar-refractivity contribution in [1.29, 1.82) is 0 Å². The van der Waals surface area contributed by atoms with Gasteiger partial charge in [-0.3, -0.25) is 0 Å². The second-order valence-corrected chi connectivity index (χ2v) is 7.93. The van der Waals surface area contributed by atoms with Crippen LogP contribution in [0.1, 0.15) is 30.9 Å². The molecule has 0 saturated carbocycles. The van der Waals surface area contributed by atoms with Gasteiger partial charge >= 0.3 is 0 Å². The number of benzene rings is 2. The molecule has 1 heterocycles. The van der Waals surface area contributed by atoms with Crippen LogP contribution in [0, 0.1) is 5.82 Å². The molecular formula is C19H21FN4O2S. The molecule has 0 amide bonds. The predicted octanol–water partition coefficient (Wildman–Crippen LogP) is 3.61. The topological polar surface area (TPSA) is 76.9 Å². The molecule has 0 spiro atoms. The zero-order valence-electron chi connectivity index (χ0n) is 15.0. The van der Waals surface area contributed by atoms with Crippen LogP contribution in [0.5, 0.6) is 0 Å². The summed E-state index contributed by atoms with van der Waals surface area (Å²) in [7, 11) is -3.77. The number of hydrogen-bond acceptors (Lipinski definition) is 4. The molecule has 1 N–H and O–H groups in total. The molecule has 142 valence electrons. The van der Waals surface area contributed by atoms with Crippen LogP contribution in [0.15, 0.2) is 59.8 Å². The van der Waals surface area contributed by atoms with Gasteiger partial charge < -0.3 is 0 Å². The molecule has 0 atom stereocenters. The number of rotatable bonds is 8. The second kappa shape index (κ2) is 8.30. The SMILES string of the molecule is CCCCc1ccc(S(=O)(=O)Nc2ncn(Cc3cccc(F)c3)n2)cc1. The maximum absolute atomic E-state index is 13.2. The summed E-state index contributed by atoms with van der Waals surface area (Å²) in [6, 6.07) is 12.9. The van der Waals surface area contributed by atoms with Crippen LogP contribution < -0.4 is 4.72 Å². The minimum absolute atomic E-state index is 0.0264. The van der Waals surface area contributed by atoms with E-state index in [0.29, 0.717) is 12.1 Å². The fourth-order valence-corrected chi connectivity index (χ4v) is 3.58. The molecule has 0 bridgehead atoms. The van der Waals surface area contributed by atoms with Crippen molar-refractivity contribution in [3.8, 4) is 0 Å². The monoisotopic (exact) mass is 388 g/mol. The van der Waals surface area contributed by atoms with E-state index in [1.165, 1.54) is 23.1 Å². The third kappa shape index (κ3) is 5.13. The fraction of sp³-hybridized carbons (Fsp3) is 0.263. The lowest BCUT2D eigenvalue weighted by molar-refractivity contribution is 0.600. The molecule has 2 aromatic carbocycles. The van der Waals surface area contributed by atoms with Crippen LogP contribution >= 0.6 is 0 Å². The molecule has 3 rings (SSSR count). The number of hydrogen-bond donors (Lipinski definition) is 1. The first-order chi connectivity index (χ1) is 13.0. The molecule has 8 heteroatoms. The fourth-order valence-electron chi connectivity index (χ4n) is 2.64. The highest BCUT2D eigenvalue weighted by atomic mass is 32.2. The first kappa shape index (κ1) is 19.0. The maximum atomic E-state index is 13.2. The Morgan fingerprint density at radius 1 is 1.11 bits per heavy atom. The normalized spacial score (nSPS) is 11.5. The Kier molecular flexibility index (Phi) is 5.85. The summed E-state index contributed by atoms with van der Waals surface area (Å²) >= 11 is 0. The third-order valence-electron chi connectivity index (χ3n) is 4.05. The van der Waals surface area contributed by atoms with Gasteiger partial charge in [-0.1, -0.05) is 37.6 Å². The predicted molar refractivity (Wildman–Crippen MR) is 101 cm³/mol. The summed E-state index contributed by atoms with van der Waals surface area (Å²) in [6.07, 6.45) is 4.48. The second-order valence-electron chi connectivity index (χ2n) is 6.25. The van der Waals surface area contributed by atoms with Crippen molar-refractivity contribution in [2.45, 2.75) is 37.6 Å². The van der Waals surface area contributed by atoms with Crippen molar-refractivity contribution < 1.29 is 12.8 Å². The van der Waals surface area contributed by atoms with E-state index >= 15 is 0 Å². The maximum Gasteiger partial charge on any atom is 0.264 e. The number of nitrogens with zero attached hydrogens (tertiary/aromatic N) is 3. The molecule has 0 aliphatic carbocycles. The van der Waals surface area contributed by atoms with E-state index < -0.39 is 10.0 Å². The number of sulfonamides is 1. The van der Waals surface area contributed by atoms with Crippen molar-refractivity contribution in [2.24, 2.45) is 0 Å². The van der Waals surface area contributed by atoms with Crippen LogP contribution in [0.3, 0.4) is 0 Å². The van der Waals surface area contributed by atoms with Crippen molar-refractivity contribution in [3.63, 3.8) is 0 Å². The number of anilines is 1. The molecule has 1 aromatic heterocycles. The Labute approximate surface area is 158 Å². The summed E-state index contributed by atoms with van der Waals surface area (Å²) in [5.74, 6) is -0.364. The Morgan fingerprint density at radius 3 is 2.59 bits per heavy atom. The van der Waals surface area contributed by atoms with Gasteiger partial charge in [0.1, 0.15) is 12.1 Å². The molecular weight excluding hydrogens is 367 g/mol. The minimum Gasteiger partial charge on any atom is -0.246 e. The Bertz CT molecular complexity index is 1000. The van der Waals surface area contributed by atoms with Crippen LogP contribution in [0.4, 0.5) is 10.3 Å². The van der Waals surface area contributed by atoms with Crippen LogP contribution in [0.25, 0.3) is 0 Å². The van der Waals surface area contributed by atoms with Gasteiger partial charge in [0.25, 0.3) is 16.0 Å². The molecule has 0 radical (unpaired) electrons. The number of nitrogens with one attached hydrogen (secondary N) is 1. The largest absolute Gasteiger partial charge is 0.264 e. The van der Waals surface area contributed by atoms with Gasteiger partial charge in [-0.2, -0.15) is 4.98 Å². The third-order valence-corrected chi connectivity index (χ3v) is 5.39. The lowest BCUT2D eigenvalue weighted by Crippen LogP contribution is -2.14. The molecule has 0 aliphatic heterocycles. The van der Waals surface area contributed by atoms with Gasteiger partial charge in [-0.25, -0.2) is 22.2 Å². The van der Waals surface area contributed by atoms with Crippen LogP contribution in [-0.2, 0) is 23.0 Å². The number of aryl methyl sites for hydroxylation is 1. The van der Waals surface area contributed by atoms with Gasteiger partial charge in [0.2, 0.25) is 0 Å². The highest BCUT2D eigenvalue weighted by Gasteiger charge is 2.16. The first-order valence-corrected chi connectivity index (χ1v) is 10.2.